The molecule has 3 amide bonds. The van der Waals surface area contributed by atoms with E-state index >= 15 is 0 Å². The van der Waals surface area contributed by atoms with Crippen LogP contribution in [0.2, 0.25) is 0 Å². The van der Waals surface area contributed by atoms with Crippen LogP contribution in [0.1, 0.15) is 45.8 Å². The van der Waals surface area contributed by atoms with Gasteiger partial charge in [-0.1, -0.05) is 42.5 Å². The molecule has 4 rings (SSSR count). The summed E-state index contributed by atoms with van der Waals surface area (Å²) in [7, 11) is 0. The molecular weight excluding hydrogens is 380 g/mol. The fourth-order valence-corrected chi connectivity index (χ4v) is 4.19. The Labute approximate surface area is 175 Å². The first kappa shape index (κ1) is 20.3. The van der Waals surface area contributed by atoms with E-state index in [1.54, 1.807) is 4.90 Å². The molecule has 30 heavy (non-hydrogen) atoms. The fourth-order valence-electron chi connectivity index (χ4n) is 4.19. The lowest BCUT2D eigenvalue weighted by Gasteiger charge is -2.29. The molecule has 2 heterocycles. The summed E-state index contributed by atoms with van der Waals surface area (Å²) in [4.78, 5) is 37.9. The molecule has 2 unspecified atom stereocenters. The van der Waals surface area contributed by atoms with Crippen LogP contribution in [0, 0.1) is 0 Å². The van der Waals surface area contributed by atoms with Gasteiger partial charge >= 0.3 is 0 Å². The summed E-state index contributed by atoms with van der Waals surface area (Å²) in [5.74, 6) is -0.570. The molecule has 7 heteroatoms. The highest BCUT2D eigenvalue weighted by molar-refractivity contribution is 6.05. The average molecular weight is 406 g/mol. The van der Waals surface area contributed by atoms with Gasteiger partial charge in [-0.15, -0.1) is 0 Å². The zero-order chi connectivity index (χ0) is 21.1. The van der Waals surface area contributed by atoms with Crippen LogP contribution in [0.3, 0.4) is 0 Å². The predicted molar refractivity (Wildman–Crippen MR) is 112 cm³/mol. The SMILES string of the molecule is NCC(CNCc1ccc2c(c1)CN(C1CCC(=O)NC1=O)C2=O)c1ccccc1. The molecule has 2 atom stereocenters. The Morgan fingerprint density at radius 1 is 1.13 bits per heavy atom. The Balaban J connectivity index is 1.38. The van der Waals surface area contributed by atoms with Crippen molar-refractivity contribution < 1.29 is 14.4 Å². The maximum Gasteiger partial charge on any atom is 0.255 e. The van der Waals surface area contributed by atoms with Gasteiger partial charge in [0.15, 0.2) is 0 Å². The van der Waals surface area contributed by atoms with Gasteiger partial charge in [0.25, 0.3) is 5.91 Å². The monoisotopic (exact) mass is 406 g/mol. The Morgan fingerprint density at radius 2 is 1.93 bits per heavy atom. The fraction of sp³-hybridized carbons (Fsp3) is 0.348. The number of benzene rings is 2. The lowest BCUT2D eigenvalue weighted by molar-refractivity contribution is -0.136. The lowest BCUT2D eigenvalue weighted by Crippen LogP contribution is -2.52. The van der Waals surface area contributed by atoms with Crippen molar-refractivity contribution in [1.82, 2.24) is 15.5 Å². The third-order valence-electron chi connectivity index (χ3n) is 5.86. The minimum atomic E-state index is -0.583. The largest absolute Gasteiger partial charge is 0.330 e. The smallest absolute Gasteiger partial charge is 0.255 e. The molecule has 1 saturated heterocycles. The number of carbonyl (C=O) groups excluding carboxylic acids is 3. The van der Waals surface area contributed by atoms with Crippen molar-refractivity contribution >= 4 is 17.7 Å². The second-order valence-electron chi connectivity index (χ2n) is 7.87. The van der Waals surface area contributed by atoms with Gasteiger partial charge in [0.2, 0.25) is 11.8 Å². The molecule has 4 N–H and O–H groups in total. The summed E-state index contributed by atoms with van der Waals surface area (Å²) < 4.78 is 0. The number of nitrogens with zero attached hydrogens (tertiary/aromatic N) is 1. The number of fused-ring (bicyclic) bond motifs is 1. The minimum absolute atomic E-state index is 0.147. The van der Waals surface area contributed by atoms with Crippen LogP contribution in [0.15, 0.2) is 48.5 Å². The lowest BCUT2D eigenvalue weighted by atomic mass is 9.99. The molecule has 1 fully saturated rings. The molecule has 0 spiro atoms. The number of piperidine rings is 1. The van der Waals surface area contributed by atoms with Crippen LogP contribution in [0.5, 0.6) is 0 Å². The van der Waals surface area contributed by atoms with Crippen molar-refractivity contribution in [3.05, 3.63) is 70.8 Å². The van der Waals surface area contributed by atoms with Crippen LogP contribution in [-0.4, -0.2) is 41.8 Å². The standard InChI is InChI=1S/C23H26N4O3/c24-11-18(16-4-2-1-3-5-16)13-25-12-15-6-7-19-17(10-15)14-27(23(19)30)20-8-9-21(28)26-22(20)29/h1-7,10,18,20,25H,8-9,11-14,24H2,(H,26,28,29). The van der Waals surface area contributed by atoms with Crippen molar-refractivity contribution in [3.63, 3.8) is 0 Å². The first-order valence-corrected chi connectivity index (χ1v) is 10.3. The van der Waals surface area contributed by atoms with Gasteiger partial charge in [-0.2, -0.15) is 0 Å². The molecule has 0 bridgehead atoms. The summed E-state index contributed by atoms with van der Waals surface area (Å²) >= 11 is 0. The summed E-state index contributed by atoms with van der Waals surface area (Å²) in [5.41, 5.74) is 9.79. The molecule has 2 aromatic rings. The highest BCUT2D eigenvalue weighted by atomic mass is 16.2. The maximum absolute atomic E-state index is 12.8. The Kier molecular flexibility index (Phi) is 5.92. The van der Waals surface area contributed by atoms with Crippen LogP contribution in [0.25, 0.3) is 0 Å². The van der Waals surface area contributed by atoms with Gasteiger partial charge in [0.05, 0.1) is 0 Å². The van der Waals surface area contributed by atoms with E-state index in [1.807, 2.05) is 36.4 Å². The molecule has 0 radical (unpaired) electrons. The second kappa shape index (κ2) is 8.77. The normalized spacial score (nSPS) is 19.6. The van der Waals surface area contributed by atoms with Crippen LogP contribution >= 0.6 is 0 Å². The molecule has 7 nitrogen and oxygen atoms in total. The predicted octanol–water partition coefficient (Wildman–Crippen LogP) is 1.28. The summed E-state index contributed by atoms with van der Waals surface area (Å²) in [6, 6.07) is 15.4. The third-order valence-corrected chi connectivity index (χ3v) is 5.86. The third kappa shape index (κ3) is 4.13. The van der Waals surface area contributed by atoms with E-state index in [9.17, 15) is 14.4 Å². The quantitative estimate of drug-likeness (QED) is 0.601. The highest BCUT2D eigenvalue weighted by Gasteiger charge is 2.38. The van der Waals surface area contributed by atoms with Crippen molar-refractivity contribution in [2.75, 3.05) is 13.1 Å². The molecule has 0 saturated carbocycles. The van der Waals surface area contributed by atoms with E-state index in [4.69, 9.17) is 5.73 Å². The Hall–Kier alpha value is -3.03. The topological polar surface area (TPSA) is 105 Å². The van der Waals surface area contributed by atoms with E-state index in [-0.39, 0.29) is 30.1 Å². The number of imide groups is 1. The number of hydrogen-bond acceptors (Lipinski definition) is 5. The van der Waals surface area contributed by atoms with Crippen molar-refractivity contribution in [2.45, 2.75) is 37.9 Å². The van der Waals surface area contributed by atoms with E-state index in [1.165, 1.54) is 5.56 Å². The van der Waals surface area contributed by atoms with Gasteiger partial charge in [0.1, 0.15) is 6.04 Å². The molecule has 156 valence electrons. The number of amides is 3. The number of carbonyl (C=O) groups is 3. The van der Waals surface area contributed by atoms with Gasteiger partial charge in [0, 0.05) is 44.1 Å². The second-order valence-corrected chi connectivity index (χ2v) is 7.87. The highest BCUT2D eigenvalue weighted by Crippen LogP contribution is 2.28. The van der Waals surface area contributed by atoms with E-state index in [0.29, 0.717) is 31.6 Å². The van der Waals surface area contributed by atoms with Crippen molar-refractivity contribution in [1.29, 1.82) is 0 Å². The Morgan fingerprint density at radius 3 is 2.67 bits per heavy atom. The molecule has 2 aliphatic rings. The van der Waals surface area contributed by atoms with Gasteiger partial charge in [-0.3, -0.25) is 19.7 Å². The van der Waals surface area contributed by atoms with Crippen LogP contribution < -0.4 is 16.4 Å². The molecule has 0 aromatic heterocycles. The van der Waals surface area contributed by atoms with E-state index in [0.717, 1.165) is 17.7 Å². The van der Waals surface area contributed by atoms with E-state index in [2.05, 4.69) is 22.8 Å². The zero-order valence-corrected chi connectivity index (χ0v) is 16.8. The summed E-state index contributed by atoms with van der Waals surface area (Å²) in [6.45, 7) is 2.39. The van der Waals surface area contributed by atoms with Gasteiger partial charge in [-0.25, -0.2) is 0 Å². The number of rotatable bonds is 7. The number of nitrogens with one attached hydrogen (secondary N) is 2. The minimum Gasteiger partial charge on any atom is -0.330 e. The zero-order valence-electron chi connectivity index (χ0n) is 16.8. The molecular formula is C23H26N4O3. The van der Waals surface area contributed by atoms with Crippen molar-refractivity contribution in [3.8, 4) is 0 Å². The molecule has 0 aliphatic carbocycles. The first-order valence-electron chi connectivity index (χ1n) is 10.3. The first-order chi connectivity index (χ1) is 14.6. The van der Waals surface area contributed by atoms with Crippen LogP contribution in [-0.2, 0) is 22.7 Å². The number of nitrogens with two attached hydrogens (primary N) is 1. The average Bonchev–Trinajstić information content (AvgIpc) is 3.07. The molecule has 2 aromatic carbocycles. The van der Waals surface area contributed by atoms with Gasteiger partial charge in [-0.05, 0) is 29.2 Å². The summed E-state index contributed by atoms with van der Waals surface area (Å²) in [5, 5.41) is 5.79. The van der Waals surface area contributed by atoms with Crippen molar-refractivity contribution in [2.24, 2.45) is 5.73 Å². The maximum atomic E-state index is 12.8. The number of hydrogen-bond donors (Lipinski definition) is 3. The molecule has 2 aliphatic heterocycles. The Bertz CT molecular complexity index is 960. The summed E-state index contributed by atoms with van der Waals surface area (Å²) in [6.07, 6.45) is 0.633. The van der Waals surface area contributed by atoms with Crippen LogP contribution in [0.4, 0.5) is 0 Å². The van der Waals surface area contributed by atoms with Gasteiger partial charge < -0.3 is 16.0 Å². The van der Waals surface area contributed by atoms with E-state index < -0.39 is 6.04 Å².